The number of anilines is 2. The first kappa shape index (κ1) is 15.2. The molecule has 0 aliphatic carbocycles. The SMILES string of the molecule is CC(C)(O)CCc1cn2cc(N)c(N3CCCCC3)cc2n1. The lowest BCUT2D eigenvalue weighted by molar-refractivity contribution is 0.0711. The highest BCUT2D eigenvalue weighted by Gasteiger charge is 2.16. The summed E-state index contributed by atoms with van der Waals surface area (Å²) in [4.78, 5) is 7.05. The van der Waals surface area contributed by atoms with Crippen molar-refractivity contribution < 1.29 is 5.11 Å². The van der Waals surface area contributed by atoms with E-state index in [2.05, 4.69) is 16.0 Å². The number of fused-ring (bicyclic) bond motifs is 1. The molecule has 0 radical (unpaired) electrons. The Labute approximate surface area is 131 Å². The quantitative estimate of drug-likeness (QED) is 0.911. The summed E-state index contributed by atoms with van der Waals surface area (Å²) < 4.78 is 1.99. The van der Waals surface area contributed by atoms with Gasteiger partial charge in [0.05, 0.1) is 22.7 Å². The zero-order valence-electron chi connectivity index (χ0n) is 13.5. The summed E-state index contributed by atoms with van der Waals surface area (Å²) in [6.45, 7) is 5.81. The van der Waals surface area contributed by atoms with Crippen LogP contribution >= 0.6 is 0 Å². The van der Waals surface area contributed by atoms with E-state index in [1.807, 2.05) is 30.6 Å². The molecule has 0 aromatic carbocycles. The number of piperidine rings is 1. The van der Waals surface area contributed by atoms with Crippen LogP contribution < -0.4 is 10.6 Å². The molecular weight excluding hydrogens is 276 g/mol. The first-order valence-electron chi connectivity index (χ1n) is 8.17. The van der Waals surface area contributed by atoms with Gasteiger partial charge in [-0.3, -0.25) is 0 Å². The van der Waals surface area contributed by atoms with E-state index in [9.17, 15) is 5.11 Å². The van der Waals surface area contributed by atoms with E-state index in [0.29, 0.717) is 6.42 Å². The number of hydrogen-bond donors (Lipinski definition) is 2. The molecule has 0 spiro atoms. The molecule has 5 nitrogen and oxygen atoms in total. The van der Waals surface area contributed by atoms with Crippen LogP contribution in [0, 0.1) is 0 Å². The summed E-state index contributed by atoms with van der Waals surface area (Å²) in [5.74, 6) is 0. The van der Waals surface area contributed by atoms with Crippen LogP contribution in [-0.4, -0.2) is 33.2 Å². The zero-order chi connectivity index (χ0) is 15.7. The van der Waals surface area contributed by atoms with Gasteiger partial charge in [0.2, 0.25) is 0 Å². The molecule has 2 aromatic rings. The van der Waals surface area contributed by atoms with Gasteiger partial charge in [0.25, 0.3) is 0 Å². The van der Waals surface area contributed by atoms with E-state index in [1.165, 1.54) is 19.3 Å². The van der Waals surface area contributed by atoms with Crippen LogP contribution in [0.5, 0.6) is 0 Å². The molecule has 3 heterocycles. The van der Waals surface area contributed by atoms with E-state index >= 15 is 0 Å². The lowest BCUT2D eigenvalue weighted by Crippen LogP contribution is -2.30. The fourth-order valence-corrected chi connectivity index (χ4v) is 3.06. The number of pyridine rings is 1. The largest absolute Gasteiger partial charge is 0.396 e. The summed E-state index contributed by atoms with van der Waals surface area (Å²) in [7, 11) is 0. The van der Waals surface area contributed by atoms with E-state index < -0.39 is 5.60 Å². The van der Waals surface area contributed by atoms with E-state index in [-0.39, 0.29) is 0 Å². The molecule has 1 aliphatic rings. The fraction of sp³-hybridized carbons (Fsp3) is 0.588. The molecule has 0 atom stereocenters. The van der Waals surface area contributed by atoms with Gasteiger partial charge in [0.15, 0.2) is 0 Å². The average molecular weight is 302 g/mol. The normalized spacial score (nSPS) is 16.4. The van der Waals surface area contributed by atoms with Gasteiger partial charge in [-0.1, -0.05) is 0 Å². The van der Waals surface area contributed by atoms with E-state index in [0.717, 1.165) is 42.2 Å². The molecule has 3 rings (SSSR count). The minimum Gasteiger partial charge on any atom is -0.396 e. The number of nitrogens with zero attached hydrogens (tertiary/aromatic N) is 3. The second kappa shape index (κ2) is 5.80. The highest BCUT2D eigenvalue weighted by atomic mass is 16.3. The van der Waals surface area contributed by atoms with Crippen LogP contribution in [0.1, 0.15) is 45.2 Å². The molecule has 1 aliphatic heterocycles. The van der Waals surface area contributed by atoms with Crippen molar-refractivity contribution in [3.8, 4) is 0 Å². The second-order valence-corrected chi connectivity index (χ2v) is 6.97. The average Bonchev–Trinajstić information content (AvgIpc) is 2.86. The second-order valence-electron chi connectivity index (χ2n) is 6.97. The number of rotatable bonds is 4. The number of imidazole rings is 1. The summed E-state index contributed by atoms with van der Waals surface area (Å²) in [5.41, 5.74) is 9.42. The van der Waals surface area contributed by atoms with Crippen LogP contribution in [-0.2, 0) is 6.42 Å². The Morgan fingerprint density at radius 1 is 1.23 bits per heavy atom. The van der Waals surface area contributed by atoms with Crippen molar-refractivity contribution in [1.82, 2.24) is 9.38 Å². The maximum Gasteiger partial charge on any atom is 0.139 e. The predicted molar refractivity (Wildman–Crippen MR) is 90.3 cm³/mol. The molecule has 0 unspecified atom stereocenters. The Morgan fingerprint density at radius 3 is 2.64 bits per heavy atom. The number of aryl methyl sites for hydroxylation is 1. The molecule has 3 N–H and O–H groups in total. The molecule has 1 saturated heterocycles. The molecule has 1 fully saturated rings. The number of hydrogen-bond acceptors (Lipinski definition) is 4. The highest BCUT2D eigenvalue weighted by molar-refractivity contribution is 5.71. The highest BCUT2D eigenvalue weighted by Crippen LogP contribution is 2.28. The number of aliphatic hydroxyl groups is 1. The monoisotopic (exact) mass is 302 g/mol. The fourth-order valence-electron chi connectivity index (χ4n) is 3.06. The van der Waals surface area contributed by atoms with Gasteiger partial charge in [-0.2, -0.15) is 0 Å². The first-order valence-corrected chi connectivity index (χ1v) is 8.17. The Balaban J connectivity index is 1.85. The number of aromatic nitrogens is 2. The summed E-state index contributed by atoms with van der Waals surface area (Å²) in [5, 5.41) is 9.85. The van der Waals surface area contributed by atoms with Gasteiger partial charge in [0, 0.05) is 31.5 Å². The molecule has 120 valence electrons. The molecule has 0 amide bonds. The van der Waals surface area contributed by atoms with Gasteiger partial charge in [0.1, 0.15) is 5.65 Å². The minimum atomic E-state index is -0.659. The Bertz CT molecular complexity index is 650. The number of nitrogen functional groups attached to an aromatic ring is 1. The van der Waals surface area contributed by atoms with Crippen LogP contribution in [0.25, 0.3) is 5.65 Å². The van der Waals surface area contributed by atoms with Gasteiger partial charge in [-0.25, -0.2) is 4.98 Å². The van der Waals surface area contributed by atoms with Crippen molar-refractivity contribution in [1.29, 1.82) is 0 Å². The van der Waals surface area contributed by atoms with Gasteiger partial charge >= 0.3 is 0 Å². The summed E-state index contributed by atoms with van der Waals surface area (Å²) in [6.07, 6.45) is 9.21. The van der Waals surface area contributed by atoms with Crippen LogP contribution in [0.15, 0.2) is 18.5 Å². The van der Waals surface area contributed by atoms with Crippen LogP contribution in [0.3, 0.4) is 0 Å². The van der Waals surface area contributed by atoms with Crippen LogP contribution in [0.2, 0.25) is 0 Å². The minimum absolute atomic E-state index is 0.659. The maximum absolute atomic E-state index is 9.85. The lowest BCUT2D eigenvalue weighted by Gasteiger charge is -2.29. The Kier molecular flexibility index (Phi) is 4.00. The Morgan fingerprint density at radius 2 is 1.95 bits per heavy atom. The van der Waals surface area contributed by atoms with Gasteiger partial charge in [-0.15, -0.1) is 0 Å². The van der Waals surface area contributed by atoms with Crippen molar-refractivity contribution in [2.24, 2.45) is 0 Å². The van der Waals surface area contributed by atoms with Crippen molar-refractivity contribution in [3.05, 3.63) is 24.2 Å². The van der Waals surface area contributed by atoms with Crippen molar-refractivity contribution in [3.63, 3.8) is 0 Å². The third kappa shape index (κ3) is 3.35. The molecule has 0 saturated carbocycles. The van der Waals surface area contributed by atoms with E-state index in [1.54, 1.807) is 0 Å². The standard InChI is InChI=1S/C17H26N4O/c1-17(2,22)7-6-13-11-21-12-14(18)15(10-16(21)19-13)20-8-4-3-5-9-20/h10-12,22H,3-9,18H2,1-2H3. The molecule has 5 heteroatoms. The predicted octanol–water partition coefficient (Wildman–Crippen LogP) is 2.61. The molecule has 22 heavy (non-hydrogen) atoms. The molecular formula is C17H26N4O. The van der Waals surface area contributed by atoms with E-state index in [4.69, 9.17) is 5.73 Å². The van der Waals surface area contributed by atoms with Crippen molar-refractivity contribution in [2.45, 2.75) is 51.6 Å². The third-order valence-corrected chi connectivity index (χ3v) is 4.34. The topological polar surface area (TPSA) is 66.8 Å². The third-order valence-electron chi connectivity index (χ3n) is 4.34. The van der Waals surface area contributed by atoms with Gasteiger partial charge < -0.3 is 20.1 Å². The van der Waals surface area contributed by atoms with Gasteiger partial charge in [-0.05, 0) is 46.0 Å². The smallest absolute Gasteiger partial charge is 0.139 e. The maximum atomic E-state index is 9.85. The zero-order valence-corrected chi connectivity index (χ0v) is 13.5. The first-order chi connectivity index (χ1) is 10.4. The summed E-state index contributed by atoms with van der Waals surface area (Å²) in [6, 6.07) is 2.09. The molecule has 0 bridgehead atoms. The molecule has 2 aromatic heterocycles. The van der Waals surface area contributed by atoms with Crippen LogP contribution in [0.4, 0.5) is 11.4 Å². The van der Waals surface area contributed by atoms with Crippen molar-refractivity contribution in [2.75, 3.05) is 23.7 Å². The Hall–Kier alpha value is -1.75. The van der Waals surface area contributed by atoms with Crippen molar-refractivity contribution >= 4 is 17.0 Å². The summed E-state index contributed by atoms with van der Waals surface area (Å²) >= 11 is 0. The lowest BCUT2D eigenvalue weighted by atomic mass is 10.0. The number of nitrogens with two attached hydrogens (primary N) is 1.